The molecule has 5 aromatic rings. The Morgan fingerprint density at radius 2 is 1.64 bits per heavy atom. The van der Waals surface area contributed by atoms with Crippen LogP contribution >= 0.6 is 0 Å². The van der Waals surface area contributed by atoms with E-state index in [9.17, 15) is 0 Å². The number of nitrogens with one attached hydrogen (secondary N) is 1. The molecular weight excluding hydrogens is 350 g/mol. The summed E-state index contributed by atoms with van der Waals surface area (Å²) in [7, 11) is 0. The van der Waals surface area contributed by atoms with Gasteiger partial charge in [-0.1, -0.05) is 48.5 Å². The molecule has 0 saturated heterocycles. The molecular formula is C21H17N7. The van der Waals surface area contributed by atoms with E-state index < -0.39 is 0 Å². The Hall–Kier alpha value is -4.00. The molecule has 28 heavy (non-hydrogen) atoms. The smallest absolute Gasteiger partial charge is 0.254 e. The van der Waals surface area contributed by atoms with Gasteiger partial charge in [0.15, 0.2) is 0 Å². The second-order valence-corrected chi connectivity index (χ2v) is 6.38. The third-order valence-electron chi connectivity index (χ3n) is 4.59. The van der Waals surface area contributed by atoms with Crippen molar-refractivity contribution in [3.05, 3.63) is 84.9 Å². The largest absolute Gasteiger partial charge is 0.337 e. The standard InChI is InChI=1S/C21H17N7/c1-15-19(13-23-27(15)17-10-6-3-7-11-17)25-20-12-18(16-8-4-2-5-9-16)26-21-22-14-24-28(20)21/h2-14,25H,1H3. The molecule has 3 aromatic heterocycles. The predicted molar refractivity (Wildman–Crippen MR) is 108 cm³/mol. The summed E-state index contributed by atoms with van der Waals surface area (Å²) in [4.78, 5) is 8.87. The zero-order valence-electron chi connectivity index (χ0n) is 15.2. The summed E-state index contributed by atoms with van der Waals surface area (Å²) in [5.41, 5.74) is 4.76. The first-order valence-electron chi connectivity index (χ1n) is 8.93. The summed E-state index contributed by atoms with van der Waals surface area (Å²) >= 11 is 0. The number of hydrogen-bond acceptors (Lipinski definition) is 5. The first kappa shape index (κ1) is 16.2. The maximum Gasteiger partial charge on any atom is 0.254 e. The van der Waals surface area contributed by atoms with E-state index in [0.717, 1.165) is 34.1 Å². The van der Waals surface area contributed by atoms with E-state index in [1.807, 2.05) is 84.5 Å². The van der Waals surface area contributed by atoms with Crippen molar-refractivity contribution in [3.63, 3.8) is 0 Å². The van der Waals surface area contributed by atoms with Gasteiger partial charge in [0, 0.05) is 11.6 Å². The molecule has 0 aliphatic heterocycles. The van der Waals surface area contributed by atoms with Gasteiger partial charge in [-0.05, 0) is 19.1 Å². The highest BCUT2D eigenvalue weighted by Gasteiger charge is 2.13. The lowest BCUT2D eigenvalue weighted by atomic mass is 10.1. The molecule has 0 bridgehead atoms. The summed E-state index contributed by atoms with van der Waals surface area (Å²) < 4.78 is 3.59. The number of anilines is 2. The number of benzene rings is 2. The van der Waals surface area contributed by atoms with Crippen molar-refractivity contribution in [2.24, 2.45) is 0 Å². The minimum atomic E-state index is 0.539. The highest BCUT2D eigenvalue weighted by atomic mass is 15.4. The van der Waals surface area contributed by atoms with Gasteiger partial charge in [-0.25, -0.2) is 9.67 Å². The average Bonchev–Trinajstić information content (AvgIpc) is 3.36. The van der Waals surface area contributed by atoms with Gasteiger partial charge in [0.2, 0.25) is 0 Å². The van der Waals surface area contributed by atoms with Crippen LogP contribution in [0.15, 0.2) is 79.3 Å². The van der Waals surface area contributed by atoms with Crippen LogP contribution in [-0.2, 0) is 0 Å². The lowest BCUT2D eigenvalue weighted by Gasteiger charge is -2.10. The van der Waals surface area contributed by atoms with Crippen LogP contribution in [0.4, 0.5) is 11.5 Å². The maximum absolute atomic E-state index is 4.61. The third-order valence-corrected chi connectivity index (χ3v) is 4.59. The lowest BCUT2D eigenvalue weighted by Crippen LogP contribution is -2.04. The fourth-order valence-electron chi connectivity index (χ4n) is 3.16. The Balaban J connectivity index is 1.57. The lowest BCUT2D eigenvalue weighted by molar-refractivity contribution is 0.847. The zero-order chi connectivity index (χ0) is 18.9. The van der Waals surface area contributed by atoms with Crippen LogP contribution in [0.1, 0.15) is 5.69 Å². The predicted octanol–water partition coefficient (Wildman–Crippen LogP) is 4.03. The topological polar surface area (TPSA) is 72.9 Å². The molecule has 2 aromatic carbocycles. The van der Waals surface area contributed by atoms with E-state index in [1.54, 1.807) is 4.52 Å². The van der Waals surface area contributed by atoms with Gasteiger partial charge in [-0.15, -0.1) is 0 Å². The summed E-state index contributed by atoms with van der Waals surface area (Å²) in [6.45, 7) is 2.03. The van der Waals surface area contributed by atoms with Gasteiger partial charge < -0.3 is 5.32 Å². The molecule has 5 rings (SSSR count). The average molecular weight is 367 g/mol. The van der Waals surface area contributed by atoms with Crippen LogP contribution in [0.25, 0.3) is 22.7 Å². The van der Waals surface area contributed by atoms with Crippen molar-refractivity contribution in [3.8, 4) is 16.9 Å². The van der Waals surface area contributed by atoms with Crippen LogP contribution in [0.5, 0.6) is 0 Å². The normalized spacial score (nSPS) is 11.0. The Labute approximate surface area is 161 Å². The Kier molecular flexibility index (Phi) is 3.83. The van der Waals surface area contributed by atoms with Crippen molar-refractivity contribution >= 4 is 17.3 Å². The van der Waals surface area contributed by atoms with Gasteiger partial charge in [0.25, 0.3) is 5.78 Å². The maximum atomic E-state index is 4.61. The fraction of sp³-hybridized carbons (Fsp3) is 0.0476. The number of aromatic nitrogens is 6. The molecule has 0 fully saturated rings. The van der Waals surface area contributed by atoms with E-state index in [0.29, 0.717) is 5.78 Å². The fourth-order valence-corrected chi connectivity index (χ4v) is 3.16. The van der Waals surface area contributed by atoms with E-state index in [4.69, 9.17) is 0 Å². The molecule has 0 saturated carbocycles. The molecule has 0 aliphatic rings. The van der Waals surface area contributed by atoms with Gasteiger partial charge in [0.1, 0.15) is 12.1 Å². The molecule has 0 unspecified atom stereocenters. The minimum Gasteiger partial charge on any atom is -0.337 e. The number of fused-ring (bicyclic) bond motifs is 1. The molecule has 0 radical (unpaired) electrons. The molecule has 7 nitrogen and oxygen atoms in total. The van der Waals surface area contributed by atoms with Gasteiger partial charge >= 0.3 is 0 Å². The quantitative estimate of drug-likeness (QED) is 0.519. The molecule has 136 valence electrons. The molecule has 0 aliphatic carbocycles. The molecule has 7 heteroatoms. The van der Waals surface area contributed by atoms with Gasteiger partial charge in [-0.2, -0.15) is 19.7 Å². The second kappa shape index (κ2) is 6.62. The molecule has 0 spiro atoms. The number of para-hydroxylation sites is 1. The highest BCUT2D eigenvalue weighted by Crippen LogP contribution is 2.26. The van der Waals surface area contributed by atoms with E-state index in [1.165, 1.54) is 6.33 Å². The Morgan fingerprint density at radius 1 is 0.893 bits per heavy atom. The van der Waals surface area contributed by atoms with Crippen molar-refractivity contribution in [1.82, 2.24) is 29.4 Å². The van der Waals surface area contributed by atoms with E-state index >= 15 is 0 Å². The zero-order valence-corrected chi connectivity index (χ0v) is 15.2. The monoisotopic (exact) mass is 367 g/mol. The van der Waals surface area contributed by atoms with Crippen LogP contribution < -0.4 is 5.32 Å². The first-order valence-corrected chi connectivity index (χ1v) is 8.93. The number of hydrogen-bond donors (Lipinski definition) is 1. The molecule has 1 N–H and O–H groups in total. The minimum absolute atomic E-state index is 0.539. The van der Waals surface area contributed by atoms with Crippen LogP contribution in [0.3, 0.4) is 0 Å². The third kappa shape index (κ3) is 2.79. The summed E-state index contributed by atoms with van der Waals surface area (Å²) in [5.74, 6) is 1.31. The number of nitrogens with zero attached hydrogens (tertiary/aromatic N) is 6. The Bertz CT molecular complexity index is 1240. The van der Waals surface area contributed by atoms with Crippen LogP contribution in [0.2, 0.25) is 0 Å². The summed E-state index contributed by atoms with van der Waals surface area (Å²) in [6.07, 6.45) is 3.32. The van der Waals surface area contributed by atoms with Gasteiger partial charge in [-0.3, -0.25) is 0 Å². The van der Waals surface area contributed by atoms with Crippen LogP contribution in [-0.4, -0.2) is 29.4 Å². The van der Waals surface area contributed by atoms with Crippen molar-refractivity contribution in [2.45, 2.75) is 6.92 Å². The SMILES string of the molecule is Cc1c(Nc2cc(-c3ccccc3)nc3ncnn23)cnn1-c1ccccc1. The Morgan fingerprint density at radius 3 is 2.43 bits per heavy atom. The summed E-state index contributed by atoms with van der Waals surface area (Å²) in [6, 6.07) is 22.0. The van der Waals surface area contributed by atoms with E-state index in [2.05, 4.69) is 25.5 Å². The highest BCUT2D eigenvalue weighted by molar-refractivity contribution is 5.69. The molecule has 0 amide bonds. The first-order chi connectivity index (χ1) is 13.8. The van der Waals surface area contributed by atoms with Gasteiger partial charge in [0.05, 0.1) is 29.0 Å². The van der Waals surface area contributed by atoms with Crippen LogP contribution in [0, 0.1) is 6.92 Å². The van der Waals surface area contributed by atoms with E-state index in [-0.39, 0.29) is 0 Å². The molecule has 0 atom stereocenters. The second-order valence-electron chi connectivity index (χ2n) is 6.38. The van der Waals surface area contributed by atoms with Crippen molar-refractivity contribution in [1.29, 1.82) is 0 Å². The summed E-state index contributed by atoms with van der Waals surface area (Å²) in [5, 5.41) is 12.3. The number of rotatable bonds is 4. The van der Waals surface area contributed by atoms with Crippen molar-refractivity contribution in [2.75, 3.05) is 5.32 Å². The molecule has 3 heterocycles. The van der Waals surface area contributed by atoms with Crippen molar-refractivity contribution < 1.29 is 0 Å².